The van der Waals surface area contributed by atoms with Crippen molar-refractivity contribution in [3.05, 3.63) is 63.8 Å². The third-order valence-corrected chi connectivity index (χ3v) is 5.95. The maximum Gasteiger partial charge on any atom is 0.276 e. The molecule has 0 spiro atoms. The molecule has 2 aromatic heterocycles. The SMILES string of the molecule is C/C(N)=C(\C)c1nccn(CCN2CCC(c3noc4cc(F)ccc34)CC2)c1=O. The monoisotopic (exact) mass is 411 g/mol. The van der Waals surface area contributed by atoms with Gasteiger partial charge in [-0.2, -0.15) is 0 Å². The summed E-state index contributed by atoms with van der Waals surface area (Å²) in [5.74, 6) is -0.0228. The van der Waals surface area contributed by atoms with E-state index in [9.17, 15) is 9.18 Å². The average molecular weight is 411 g/mol. The van der Waals surface area contributed by atoms with E-state index in [0.29, 0.717) is 29.4 Å². The van der Waals surface area contributed by atoms with Crippen LogP contribution >= 0.6 is 0 Å². The molecule has 1 saturated heterocycles. The number of nitrogens with two attached hydrogens (primary N) is 1. The molecular formula is C22H26FN5O2. The summed E-state index contributed by atoms with van der Waals surface area (Å²) >= 11 is 0. The summed E-state index contributed by atoms with van der Waals surface area (Å²) < 4.78 is 20.4. The summed E-state index contributed by atoms with van der Waals surface area (Å²) in [5.41, 5.74) is 8.85. The van der Waals surface area contributed by atoms with Crippen LogP contribution in [0.25, 0.3) is 16.5 Å². The molecule has 3 heterocycles. The highest BCUT2D eigenvalue weighted by Crippen LogP contribution is 2.32. The molecule has 7 nitrogen and oxygen atoms in total. The first-order valence-electron chi connectivity index (χ1n) is 10.2. The molecule has 0 unspecified atom stereocenters. The zero-order valence-corrected chi connectivity index (χ0v) is 17.3. The van der Waals surface area contributed by atoms with E-state index in [1.54, 1.807) is 30.0 Å². The van der Waals surface area contributed by atoms with Crippen molar-refractivity contribution in [3.63, 3.8) is 0 Å². The van der Waals surface area contributed by atoms with Crippen LogP contribution in [-0.4, -0.2) is 39.2 Å². The summed E-state index contributed by atoms with van der Waals surface area (Å²) in [4.78, 5) is 19.2. The van der Waals surface area contributed by atoms with E-state index in [0.717, 1.165) is 49.1 Å². The van der Waals surface area contributed by atoms with Crippen LogP contribution in [-0.2, 0) is 6.54 Å². The van der Waals surface area contributed by atoms with E-state index in [-0.39, 0.29) is 11.4 Å². The van der Waals surface area contributed by atoms with Crippen LogP contribution in [0.4, 0.5) is 4.39 Å². The van der Waals surface area contributed by atoms with Gasteiger partial charge in [0.25, 0.3) is 5.56 Å². The molecule has 158 valence electrons. The predicted molar refractivity (Wildman–Crippen MR) is 113 cm³/mol. The molecule has 4 rings (SSSR count). The lowest BCUT2D eigenvalue weighted by Gasteiger charge is -2.31. The van der Waals surface area contributed by atoms with Gasteiger partial charge in [0.15, 0.2) is 5.58 Å². The number of nitrogens with zero attached hydrogens (tertiary/aromatic N) is 4. The number of allylic oxidation sites excluding steroid dienone is 2. The average Bonchev–Trinajstić information content (AvgIpc) is 3.16. The molecule has 0 saturated carbocycles. The lowest BCUT2D eigenvalue weighted by atomic mass is 9.91. The van der Waals surface area contributed by atoms with Gasteiger partial charge in [0.05, 0.1) is 5.69 Å². The third kappa shape index (κ3) is 4.00. The minimum atomic E-state index is -0.318. The minimum Gasteiger partial charge on any atom is -0.402 e. The van der Waals surface area contributed by atoms with Crippen molar-refractivity contribution < 1.29 is 8.91 Å². The molecule has 1 fully saturated rings. The molecule has 0 atom stereocenters. The topological polar surface area (TPSA) is 90.2 Å². The van der Waals surface area contributed by atoms with Crippen LogP contribution in [0.2, 0.25) is 0 Å². The van der Waals surface area contributed by atoms with Gasteiger partial charge in [0, 0.05) is 48.6 Å². The van der Waals surface area contributed by atoms with Gasteiger partial charge in [-0.1, -0.05) is 5.16 Å². The second kappa shape index (κ2) is 8.39. The highest BCUT2D eigenvalue weighted by Gasteiger charge is 2.25. The zero-order valence-electron chi connectivity index (χ0n) is 17.3. The first kappa shape index (κ1) is 20.3. The van der Waals surface area contributed by atoms with Crippen LogP contribution in [0.15, 0.2) is 45.6 Å². The Balaban J connectivity index is 1.38. The normalized spacial score (nSPS) is 16.8. The Hall–Kier alpha value is -3.00. The van der Waals surface area contributed by atoms with Crippen molar-refractivity contribution in [2.45, 2.75) is 39.2 Å². The molecule has 30 heavy (non-hydrogen) atoms. The predicted octanol–water partition coefficient (Wildman–Crippen LogP) is 3.11. The highest BCUT2D eigenvalue weighted by molar-refractivity contribution is 5.79. The number of hydrogen-bond donors (Lipinski definition) is 1. The van der Waals surface area contributed by atoms with Gasteiger partial charge < -0.3 is 19.7 Å². The number of halogens is 1. The van der Waals surface area contributed by atoms with Crippen LogP contribution < -0.4 is 11.3 Å². The number of likely N-dealkylation sites (tertiary alicyclic amines) is 1. The van der Waals surface area contributed by atoms with Crippen LogP contribution in [0, 0.1) is 5.82 Å². The van der Waals surface area contributed by atoms with Crippen molar-refractivity contribution >= 4 is 16.5 Å². The molecule has 8 heteroatoms. The molecule has 0 aliphatic carbocycles. The van der Waals surface area contributed by atoms with E-state index < -0.39 is 0 Å². The highest BCUT2D eigenvalue weighted by atomic mass is 19.1. The van der Waals surface area contributed by atoms with Gasteiger partial charge in [0.2, 0.25) is 0 Å². The van der Waals surface area contributed by atoms with Crippen molar-refractivity contribution in [2.24, 2.45) is 5.73 Å². The van der Waals surface area contributed by atoms with Gasteiger partial charge in [-0.25, -0.2) is 9.37 Å². The molecule has 2 N–H and O–H groups in total. The zero-order chi connectivity index (χ0) is 21.3. The number of hydrogen-bond acceptors (Lipinski definition) is 6. The first-order valence-corrected chi connectivity index (χ1v) is 10.2. The quantitative estimate of drug-likeness (QED) is 0.694. The van der Waals surface area contributed by atoms with Gasteiger partial charge >= 0.3 is 0 Å². The van der Waals surface area contributed by atoms with Crippen molar-refractivity contribution in [3.8, 4) is 0 Å². The van der Waals surface area contributed by atoms with E-state index >= 15 is 0 Å². The fourth-order valence-electron chi connectivity index (χ4n) is 3.97. The second-order valence-corrected chi connectivity index (χ2v) is 7.91. The summed E-state index contributed by atoms with van der Waals surface area (Å²) in [6.07, 6.45) is 5.26. The van der Waals surface area contributed by atoms with Gasteiger partial charge in [-0.05, 0) is 57.5 Å². The Kier molecular flexibility index (Phi) is 5.67. The standard InChI is InChI=1S/C22H26FN5O2/c1-14(15(2)24)20-22(29)28(10-7-25-20)12-11-27-8-5-16(6-9-27)21-18-4-3-17(23)13-19(18)30-26-21/h3-4,7,10,13,16H,5-6,8-9,11-12,24H2,1-2H3/b15-14-. The second-order valence-electron chi connectivity index (χ2n) is 7.91. The molecule has 0 bridgehead atoms. The largest absolute Gasteiger partial charge is 0.402 e. The molecule has 1 aliphatic heterocycles. The lowest BCUT2D eigenvalue weighted by Crippen LogP contribution is -2.37. The van der Waals surface area contributed by atoms with Gasteiger partial charge in [0.1, 0.15) is 11.5 Å². The smallest absolute Gasteiger partial charge is 0.276 e. The van der Waals surface area contributed by atoms with Crippen molar-refractivity contribution in [1.82, 2.24) is 19.6 Å². The van der Waals surface area contributed by atoms with E-state index in [2.05, 4.69) is 15.0 Å². The van der Waals surface area contributed by atoms with Gasteiger partial charge in [-0.3, -0.25) is 4.79 Å². The fourth-order valence-corrected chi connectivity index (χ4v) is 3.97. The maximum atomic E-state index is 13.4. The van der Waals surface area contributed by atoms with E-state index in [1.807, 2.05) is 6.92 Å². The Bertz CT molecular complexity index is 1140. The lowest BCUT2D eigenvalue weighted by molar-refractivity contribution is 0.202. The van der Waals surface area contributed by atoms with Gasteiger partial charge in [-0.15, -0.1) is 0 Å². The summed E-state index contributed by atoms with van der Waals surface area (Å²) in [7, 11) is 0. The molecule has 0 radical (unpaired) electrons. The Labute approximate surface area is 174 Å². The fraction of sp³-hybridized carbons (Fsp3) is 0.409. The number of rotatable bonds is 5. The molecular weight excluding hydrogens is 385 g/mol. The molecule has 1 aliphatic rings. The number of fused-ring (bicyclic) bond motifs is 1. The molecule has 3 aromatic rings. The molecule has 1 aromatic carbocycles. The van der Waals surface area contributed by atoms with Crippen LogP contribution in [0.5, 0.6) is 0 Å². The number of aromatic nitrogens is 3. The van der Waals surface area contributed by atoms with Crippen LogP contribution in [0.3, 0.4) is 0 Å². The number of piperidine rings is 1. The maximum absolute atomic E-state index is 13.4. The Morgan fingerprint density at radius 1 is 1.27 bits per heavy atom. The van der Waals surface area contributed by atoms with E-state index in [1.165, 1.54) is 12.1 Å². The van der Waals surface area contributed by atoms with Crippen molar-refractivity contribution in [2.75, 3.05) is 19.6 Å². The first-order chi connectivity index (χ1) is 14.4. The van der Waals surface area contributed by atoms with Crippen molar-refractivity contribution in [1.29, 1.82) is 0 Å². The summed E-state index contributed by atoms with van der Waals surface area (Å²) in [6.45, 7) is 6.79. The summed E-state index contributed by atoms with van der Waals surface area (Å²) in [6, 6.07) is 4.57. The van der Waals surface area contributed by atoms with Crippen LogP contribution in [0.1, 0.15) is 44.0 Å². The Morgan fingerprint density at radius 2 is 2.03 bits per heavy atom. The summed E-state index contributed by atoms with van der Waals surface area (Å²) in [5, 5.41) is 5.10. The number of benzene rings is 1. The van der Waals surface area contributed by atoms with E-state index in [4.69, 9.17) is 10.3 Å². The minimum absolute atomic E-state index is 0.115. The molecule has 0 amide bonds. The third-order valence-electron chi connectivity index (χ3n) is 5.95. The Morgan fingerprint density at radius 3 is 2.77 bits per heavy atom.